The van der Waals surface area contributed by atoms with Crippen LogP contribution in [0, 0.1) is 6.92 Å². The van der Waals surface area contributed by atoms with Crippen molar-refractivity contribution in [1.82, 2.24) is 19.8 Å². The first-order chi connectivity index (χ1) is 13.7. The van der Waals surface area contributed by atoms with Crippen LogP contribution < -0.4 is 0 Å². The normalized spacial score (nSPS) is 16.3. The summed E-state index contributed by atoms with van der Waals surface area (Å²) in [5.74, 6) is 0. The molecule has 1 amide bonds. The number of hydrogen-bond donors (Lipinski definition) is 1. The third kappa shape index (κ3) is 3.47. The number of para-hydroxylation sites is 1. The van der Waals surface area contributed by atoms with Crippen LogP contribution in [0.2, 0.25) is 0 Å². The van der Waals surface area contributed by atoms with Gasteiger partial charge in [-0.15, -0.1) is 0 Å². The van der Waals surface area contributed by atoms with Crippen molar-refractivity contribution in [2.75, 3.05) is 32.8 Å². The molecule has 1 N–H and O–H groups in total. The molecule has 1 atom stereocenters. The van der Waals surface area contributed by atoms with Crippen molar-refractivity contribution in [3.05, 3.63) is 65.6 Å². The van der Waals surface area contributed by atoms with Gasteiger partial charge in [-0.1, -0.05) is 18.2 Å². The monoisotopic (exact) mass is 378 g/mol. The molecule has 1 aliphatic rings. The number of H-pyrrole nitrogens is 1. The fourth-order valence-electron chi connectivity index (χ4n) is 4.13. The smallest absolute Gasteiger partial charge is 0.409 e. The Kier molecular flexibility index (Phi) is 5.30. The van der Waals surface area contributed by atoms with Crippen molar-refractivity contribution >= 4 is 17.0 Å². The Morgan fingerprint density at radius 2 is 1.86 bits per heavy atom. The molecule has 4 rings (SSSR count). The van der Waals surface area contributed by atoms with E-state index in [0.29, 0.717) is 19.7 Å². The Labute approximate surface area is 165 Å². The van der Waals surface area contributed by atoms with Gasteiger partial charge in [-0.2, -0.15) is 0 Å². The molecule has 0 unspecified atom stereocenters. The number of aryl methyl sites for hydroxylation is 1. The molecule has 0 spiro atoms. The Balaban J connectivity index is 1.68. The Morgan fingerprint density at radius 1 is 1.14 bits per heavy atom. The first kappa shape index (κ1) is 18.5. The number of carbonyl (C=O) groups excluding carboxylic acids is 1. The van der Waals surface area contributed by atoms with E-state index in [9.17, 15) is 4.79 Å². The number of fused-ring (bicyclic) bond motifs is 1. The van der Waals surface area contributed by atoms with Gasteiger partial charge in [0, 0.05) is 60.7 Å². The summed E-state index contributed by atoms with van der Waals surface area (Å²) in [6.07, 6.45) is 3.48. The molecule has 0 aliphatic carbocycles. The van der Waals surface area contributed by atoms with Gasteiger partial charge in [-0.3, -0.25) is 9.88 Å². The lowest BCUT2D eigenvalue weighted by atomic mass is 9.94. The van der Waals surface area contributed by atoms with Crippen molar-refractivity contribution < 1.29 is 9.53 Å². The lowest BCUT2D eigenvalue weighted by molar-refractivity contribution is 0.0716. The quantitative estimate of drug-likeness (QED) is 0.751. The number of carbonyl (C=O) groups is 1. The Bertz CT molecular complexity index is 946. The van der Waals surface area contributed by atoms with Crippen LogP contribution in [0.1, 0.15) is 29.8 Å². The van der Waals surface area contributed by atoms with Crippen LogP contribution in [0.25, 0.3) is 10.9 Å². The molecule has 1 saturated heterocycles. The maximum absolute atomic E-state index is 12.1. The van der Waals surface area contributed by atoms with Crippen LogP contribution in [0.5, 0.6) is 0 Å². The summed E-state index contributed by atoms with van der Waals surface area (Å²) >= 11 is 0. The highest BCUT2D eigenvalue weighted by Crippen LogP contribution is 2.36. The van der Waals surface area contributed by atoms with Crippen LogP contribution in [0.3, 0.4) is 0 Å². The zero-order valence-electron chi connectivity index (χ0n) is 16.4. The van der Waals surface area contributed by atoms with Crippen LogP contribution in [-0.4, -0.2) is 58.6 Å². The second kappa shape index (κ2) is 8.02. The Morgan fingerprint density at radius 3 is 2.57 bits per heavy atom. The summed E-state index contributed by atoms with van der Waals surface area (Å²) in [6.45, 7) is 7.32. The number of amides is 1. The van der Waals surface area contributed by atoms with Gasteiger partial charge >= 0.3 is 6.09 Å². The van der Waals surface area contributed by atoms with E-state index in [0.717, 1.165) is 18.6 Å². The molecular formula is C22H26N4O2. The van der Waals surface area contributed by atoms with E-state index >= 15 is 0 Å². The van der Waals surface area contributed by atoms with Crippen LogP contribution in [0.15, 0.2) is 48.8 Å². The molecule has 28 heavy (non-hydrogen) atoms. The minimum Gasteiger partial charge on any atom is -0.450 e. The maximum Gasteiger partial charge on any atom is 0.409 e. The Hall–Kier alpha value is -2.86. The molecule has 146 valence electrons. The predicted octanol–water partition coefficient (Wildman–Crippen LogP) is 3.73. The number of nitrogens with one attached hydrogen (secondary N) is 1. The third-order valence-corrected chi connectivity index (χ3v) is 5.44. The number of ether oxygens (including phenoxy) is 1. The van der Waals surface area contributed by atoms with Crippen LogP contribution in [0.4, 0.5) is 4.79 Å². The minimum atomic E-state index is -0.217. The first-order valence-corrected chi connectivity index (χ1v) is 9.82. The molecule has 0 bridgehead atoms. The summed E-state index contributed by atoms with van der Waals surface area (Å²) in [5.41, 5.74) is 4.84. The molecule has 6 heteroatoms. The standard InChI is InChI=1S/C22H26N4O2/c1-3-28-22(27)26-14-12-25(13-15-26)21(17-8-10-23-11-9-17)20-16(2)24-19-7-5-4-6-18(19)20/h4-11,21,24H,3,12-15H2,1-2H3/t21-/m1/s1. The van der Waals surface area contributed by atoms with Crippen molar-refractivity contribution in [1.29, 1.82) is 0 Å². The topological polar surface area (TPSA) is 61.5 Å². The van der Waals surface area contributed by atoms with Crippen molar-refractivity contribution in [3.8, 4) is 0 Å². The molecule has 3 aromatic rings. The van der Waals surface area contributed by atoms with Crippen molar-refractivity contribution in [3.63, 3.8) is 0 Å². The number of benzene rings is 1. The average molecular weight is 378 g/mol. The van der Waals surface area contributed by atoms with E-state index < -0.39 is 0 Å². The van der Waals surface area contributed by atoms with Gasteiger partial charge in [0.2, 0.25) is 0 Å². The number of nitrogens with zero attached hydrogens (tertiary/aromatic N) is 3. The van der Waals surface area contributed by atoms with Gasteiger partial charge < -0.3 is 14.6 Å². The van der Waals surface area contributed by atoms with Crippen LogP contribution >= 0.6 is 0 Å². The summed E-state index contributed by atoms with van der Waals surface area (Å²) in [6, 6.07) is 12.7. The summed E-state index contributed by atoms with van der Waals surface area (Å²) < 4.78 is 5.17. The summed E-state index contributed by atoms with van der Waals surface area (Å²) in [7, 11) is 0. The number of aromatic amines is 1. The van der Waals surface area contributed by atoms with Gasteiger partial charge in [0.1, 0.15) is 0 Å². The van der Waals surface area contributed by atoms with Gasteiger partial charge in [-0.25, -0.2) is 4.79 Å². The molecule has 2 aromatic heterocycles. The van der Waals surface area contributed by atoms with Gasteiger partial charge in [0.25, 0.3) is 0 Å². The second-order valence-corrected chi connectivity index (χ2v) is 7.11. The number of hydrogen-bond acceptors (Lipinski definition) is 4. The lowest BCUT2D eigenvalue weighted by Gasteiger charge is -2.39. The molecule has 0 saturated carbocycles. The fraction of sp³-hybridized carbons (Fsp3) is 0.364. The second-order valence-electron chi connectivity index (χ2n) is 7.11. The number of pyridine rings is 1. The highest BCUT2D eigenvalue weighted by Gasteiger charge is 2.31. The van der Waals surface area contributed by atoms with Crippen molar-refractivity contribution in [2.24, 2.45) is 0 Å². The van der Waals surface area contributed by atoms with Gasteiger partial charge in [0.05, 0.1) is 12.6 Å². The van der Waals surface area contributed by atoms with E-state index in [1.54, 1.807) is 4.90 Å². The SMILES string of the molecule is CCOC(=O)N1CCN([C@H](c2ccncc2)c2c(C)[nH]c3ccccc23)CC1. The lowest BCUT2D eigenvalue weighted by Crippen LogP contribution is -2.50. The molecule has 3 heterocycles. The van der Waals surface area contributed by atoms with E-state index in [4.69, 9.17) is 4.74 Å². The largest absolute Gasteiger partial charge is 0.450 e. The first-order valence-electron chi connectivity index (χ1n) is 9.82. The van der Waals surface area contributed by atoms with Crippen LogP contribution in [-0.2, 0) is 4.74 Å². The van der Waals surface area contributed by atoms with Gasteiger partial charge in [0.15, 0.2) is 0 Å². The molecule has 1 aromatic carbocycles. The molecule has 6 nitrogen and oxygen atoms in total. The molecular weight excluding hydrogens is 352 g/mol. The van der Waals surface area contributed by atoms with E-state index in [1.807, 2.05) is 19.3 Å². The molecule has 1 fully saturated rings. The highest BCUT2D eigenvalue weighted by molar-refractivity contribution is 5.85. The minimum absolute atomic E-state index is 0.114. The highest BCUT2D eigenvalue weighted by atomic mass is 16.6. The van der Waals surface area contributed by atoms with Gasteiger partial charge in [-0.05, 0) is 37.6 Å². The average Bonchev–Trinajstić information content (AvgIpc) is 3.06. The molecule has 1 aliphatic heterocycles. The fourth-order valence-corrected chi connectivity index (χ4v) is 4.13. The zero-order chi connectivity index (χ0) is 19.5. The molecule has 0 radical (unpaired) electrons. The summed E-state index contributed by atoms with van der Waals surface area (Å²) in [4.78, 5) is 24.1. The van der Waals surface area contributed by atoms with Crippen molar-refractivity contribution in [2.45, 2.75) is 19.9 Å². The predicted molar refractivity (Wildman–Crippen MR) is 109 cm³/mol. The third-order valence-electron chi connectivity index (χ3n) is 5.44. The number of aromatic nitrogens is 2. The van der Waals surface area contributed by atoms with E-state index in [2.05, 4.69) is 58.2 Å². The maximum atomic E-state index is 12.1. The van der Waals surface area contributed by atoms with E-state index in [1.165, 1.54) is 22.2 Å². The number of rotatable bonds is 4. The summed E-state index contributed by atoms with van der Waals surface area (Å²) in [5, 5.41) is 1.25. The zero-order valence-corrected chi connectivity index (χ0v) is 16.4. The number of piperazine rings is 1. The van der Waals surface area contributed by atoms with E-state index in [-0.39, 0.29) is 12.1 Å².